The summed E-state index contributed by atoms with van der Waals surface area (Å²) >= 11 is 0. The Kier molecular flexibility index (Phi) is 9.73. The Bertz CT molecular complexity index is 1990. The fraction of sp³-hybridized carbons (Fsp3) is 0.477. The zero-order chi connectivity index (χ0) is 38.6. The van der Waals surface area contributed by atoms with Crippen molar-refractivity contribution in [3.05, 3.63) is 107 Å². The number of esters is 1. The van der Waals surface area contributed by atoms with E-state index in [1.807, 2.05) is 78.9 Å². The molecule has 3 N–H and O–H groups in total. The fourth-order valence-corrected chi connectivity index (χ4v) is 9.66. The minimum Gasteiger partial charge on any atom is -0.508 e. The fourth-order valence-electron chi connectivity index (χ4n) is 9.66. The molecule has 12 heteroatoms. The van der Waals surface area contributed by atoms with E-state index in [0.717, 1.165) is 47.9 Å². The maximum atomic E-state index is 15.5. The van der Waals surface area contributed by atoms with E-state index in [-0.39, 0.29) is 50.1 Å². The van der Waals surface area contributed by atoms with Crippen LogP contribution in [-0.2, 0) is 52.8 Å². The molecule has 12 nitrogen and oxygen atoms in total. The lowest BCUT2D eigenvalue weighted by atomic mass is 9.62. The third-order valence-corrected chi connectivity index (χ3v) is 12.7. The van der Waals surface area contributed by atoms with Crippen LogP contribution in [-0.4, -0.2) is 100 Å². The largest absolute Gasteiger partial charge is 0.508 e. The van der Waals surface area contributed by atoms with Crippen LogP contribution in [0, 0.1) is 17.3 Å². The highest BCUT2D eigenvalue weighted by Gasteiger charge is 2.78. The predicted octanol–water partition coefficient (Wildman–Crippen LogP) is 3.93. The molecule has 0 aromatic heterocycles. The van der Waals surface area contributed by atoms with Gasteiger partial charge >= 0.3 is 5.97 Å². The van der Waals surface area contributed by atoms with E-state index in [2.05, 4.69) is 5.32 Å². The molecule has 6 fully saturated rings. The van der Waals surface area contributed by atoms with Crippen molar-refractivity contribution in [2.75, 3.05) is 20.2 Å². The second-order valence-corrected chi connectivity index (χ2v) is 16.2. The van der Waals surface area contributed by atoms with E-state index in [1.54, 1.807) is 24.2 Å². The van der Waals surface area contributed by atoms with Gasteiger partial charge in [-0.3, -0.25) is 19.2 Å². The van der Waals surface area contributed by atoms with E-state index in [1.165, 1.54) is 4.90 Å². The van der Waals surface area contributed by atoms with Gasteiger partial charge in [-0.2, -0.15) is 5.06 Å². The van der Waals surface area contributed by atoms with E-state index < -0.39 is 65.5 Å². The standard InChI is InChI=1S/C44H49N3O9/c1-46(33(40(50)45-22-23-48)24-27-10-3-2-4-11-27)42(52)43-25-35-36-37(55-44(54-36,31-18-19-31)32-20-21-32)39(43)56-47(38(43)41(51)53-35)26-30-14-6-5-12-28(30)15-9-16-29-13-7-8-17-34(29)49/h2-15,17,31-33,35-39,48-49H,16,18-26H2,1H3,(H,45,50). The molecule has 3 heterocycles. The van der Waals surface area contributed by atoms with Crippen molar-refractivity contribution >= 4 is 23.9 Å². The Labute approximate surface area is 326 Å². The summed E-state index contributed by atoms with van der Waals surface area (Å²) in [4.78, 5) is 52.2. The average Bonchev–Trinajstić information content (AvgIpc) is 4.16. The number of para-hydroxylation sites is 1. The van der Waals surface area contributed by atoms with Crippen molar-refractivity contribution in [3.8, 4) is 5.75 Å². The van der Waals surface area contributed by atoms with Crippen LogP contribution in [0.5, 0.6) is 5.75 Å². The summed E-state index contributed by atoms with van der Waals surface area (Å²) in [5.41, 5.74) is 1.96. The Hall–Kier alpha value is -4.59. The summed E-state index contributed by atoms with van der Waals surface area (Å²) in [6, 6.07) is 22.4. The third kappa shape index (κ3) is 6.41. The predicted molar refractivity (Wildman–Crippen MR) is 203 cm³/mol. The number of amides is 2. The molecular weight excluding hydrogens is 714 g/mol. The van der Waals surface area contributed by atoms with Crippen molar-refractivity contribution in [1.82, 2.24) is 15.3 Å². The van der Waals surface area contributed by atoms with Crippen molar-refractivity contribution in [1.29, 1.82) is 0 Å². The third-order valence-electron chi connectivity index (χ3n) is 12.7. The van der Waals surface area contributed by atoms with Crippen molar-refractivity contribution in [2.24, 2.45) is 17.3 Å². The number of nitrogens with one attached hydrogen (secondary N) is 1. The van der Waals surface area contributed by atoms with Gasteiger partial charge in [-0.05, 0) is 60.4 Å². The summed E-state index contributed by atoms with van der Waals surface area (Å²) in [5, 5.41) is 24.2. The average molecular weight is 764 g/mol. The number of nitrogens with zero attached hydrogens (tertiary/aromatic N) is 2. The molecule has 2 bridgehead atoms. The minimum atomic E-state index is -1.45. The van der Waals surface area contributed by atoms with Gasteiger partial charge in [0.15, 0.2) is 11.8 Å². The molecule has 9 rings (SSSR count). The number of aliphatic hydroxyl groups is 1. The first-order valence-corrected chi connectivity index (χ1v) is 19.9. The second kappa shape index (κ2) is 14.7. The summed E-state index contributed by atoms with van der Waals surface area (Å²) in [7, 11) is 1.61. The number of benzene rings is 3. The van der Waals surface area contributed by atoms with Crippen LogP contribution in [0.1, 0.15) is 54.4 Å². The van der Waals surface area contributed by atoms with E-state index in [9.17, 15) is 19.8 Å². The van der Waals surface area contributed by atoms with Crippen LogP contribution in [0.15, 0.2) is 84.9 Å². The zero-order valence-corrected chi connectivity index (χ0v) is 31.5. The maximum absolute atomic E-state index is 15.5. The molecule has 3 aromatic carbocycles. The molecule has 294 valence electrons. The molecule has 2 amide bonds. The van der Waals surface area contributed by atoms with E-state index >= 15 is 4.79 Å². The van der Waals surface area contributed by atoms with Gasteiger partial charge in [0, 0.05) is 38.3 Å². The van der Waals surface area contributed by atoms with Gasteiger partial charge in [-0.25, -0.2) is 0 Å². The van der Waals surface area contributed by atoms with Gasteiger partial charge in [-0.1, -0.05) is 84.9 Å². The van der Waals surface area contributed by atoms with Crippen molar-refractivity contribution < 1.29 is 43.6 Å². The van der Waals surface area contributed by atoms with Crippen molar-refractivity contribution in [3.63, 3.8) is 0 Å². The number of phenols is 1. The Morgan fingerprint density at radius 3 is 2.34 bits per heavy atom. The van der Waals surface area contributed by atoms with Gasteiger partial charge < -0.3 is 34.6 Å². The maximum Gasteiger partial charge on any atom is 0.327 e. The van der Waals surface area contributed by atoms with Gasteiger partial charge in [0.25, 0.3) is 0 Å². The van der Waals surface area contributed by atoms with Gasteiger partial charge in [0.05, 0.1) is 13.2 Å². The highest BCUT2D eigenvalue weighted by Crippen LogP contribution is 2.64. The first-order valence-electron chi connectivity index (χ1n) is 19.9. The molecular formula is C44H49N3O9. The number of hydrogen-bond acceptors (Lipinski definition) is 10. The number of hydrogen-bond donors (Lipinski definition) is 3. The van der Waals surface area contributed by atoms with Gasteiger partial charge in [0.2, 0.25) is 11.8 Å². The lowest BCUT2D eigenvalue weighted by Crippen LogP contribution is -2.70. The molecule has 56 heavy (non-hydrogen) atoms. The molecule has 3 aliphatic heterocycles. The summed E-state index contributed by atoms with van der Waals surface area (Å²) < 4.78 is 20.2. The van der Waals surface area contributed by atoms with E-state index in [4.69, 9.17) is 19.0 Å². The van der Waals surface area contributed by atoms with Crippen LogP contribution >= 0.6 is 0 Å². The van der Waals surface area contributed by atoms with Gasteiger partial charge in [-0.15, -0.1) is 0 Å². The number of carbonyl (C=O) groups excluding carboxylic acids is 3. The number of carbonyl (C=O) groups is 3. The summed E-state index contributed by atoms with van der Waals surface area (Å²) in [5.74, 6) is -1.47. The van der Waals surface area contributed by atoms with Crippen LogP contribution < -0.4 is 5.32 Å². The van der Waals surface area contributed by atoms with E-state index in [0.29, 0.717) is 6.42 Å². The molecule has 3 aliphatic carbocycles. The Balaban J connectivity index is 1.08. The lowest BCUT2D eigenvalue weighted by molar-refractivity contribution is -0.235. The number of aromatic hydroxyl groups is 1. The van der Waals surface area contributed by atoms with Crippen LogP contribution in [0.2, 0.25) is 0 Å². The monoisotopic (exact) mass is 763 g/mol. The number of rotatable bonds is 14. The number of fused-ring (bicyclic) bond motifs is 4. The summed E-state index contributed by atoms with van der Waals surface area (Å²) in [6.45, 7) is -0.0508. The number of ether oxygens (including phenoxy) is 3. The van der Waals surface area contributed by atoms with Crippen LogP contribution in [0.3, 0.4) is 0 Å². The first kappa shape index (κ1) is 37.0. The number of phenolic OH excluding ortho intramolecular Hbond substituents is 1. The highest BCUT2D eigenvalue weighted by atomic mass is 16.8. The molecule has 3 saturated carbocycles. The van der Waals surface area contributed by atoms with Crippen LogP contribution in [0.4, 0.5) is 0 Å². The highest BCUT2D eigenvalue weighted by molar-refractivity contribution is 5.96. The van der Waals surface area contributed by atoms with Gasteiger partial charge in [0.1, 0.15) is 41.6 Å². The minimum absolute atomic E-state index is 0.0353. The molecule has 6 aliphatic rings. The molecule has 7 unspecified atom stereocenters. The number of aliphatic hydroxyl groups excluding tert-OH is 1. The first-order chi connectivity index (χ1) is 27.2. The molecule has 0 spiro atoms. The Morgan fingerprint density at radius 1 is 0.946 bits per heavy atom. The lowest BCUT2D eigenvalue weighted by Gasteiger charge is -2.50. The topological polar surface area (TPSA) is 147 Å². The Morgan fingerprint density at radius 2 is 1.62 bits per heavy atom. The second-order valence-electron chi connectivity index (χ2n) is 16.2. The molecule has 0 radical (unpaired) electrons. The number of allylic oxidation sites excluding steroid dienone is 1. The van der Waals surface area contributed by atoms with Crippen LogP contribution in [0.25, 0.3) is 6.08 Å². The molecule has 3 saturated heterocycles. The zero-order valence-electron chi connectivity index (χ0n) is 31.5. The molecule has 3 aromatic rings. The SMILES string of the molecule is CN(C(=O)C12CC3OC(=O)C1N(Cc1ccccc1C=CCc1ccccc1O)OC2C1OC(C2CC2)(C2CC2)OC31)C(Cc1ccccc1)C(=O)NCCO. The normalized spacial score (nSPS) is 29.5. The molecule has 7 atom stereocenters. The quantitative estimate of drug-likeness (QED) is 0.207. The number of likely N-dealkylation sites (N-methyl/N-ethyl adjacent to an activating group) is 1. The summed E-state index contributed by atoms with van der Waals surface area (Å²) in [6.07, 6.45) is 5.92. The smallest absolute Gasteiger partial charge is 0.327 e. The number of hydroxylamine groups is 2. The van der Waals surface area contributed by atoms with Crippen molar-refractivity contribution in [2.45, 2.75) is 93.8 Å².